The van der Waals surface area contributed by atoms with Gasteiger partial charge in [-0.3, -0.25) is 0 Å². The quantitative estimate of drug-likeness (QED) is 0.783. The van der Waals surface area contributed by atoms with Crippen molar-refractivity contribution in [1.82, 2.24) is 0 Å². The third-order valence-electron chi connectivity index (χ3n) is 2.85. The van der Waals surface area contributed by atoms with Crippen LogP contribution < -0.4 is 5.32 Å². The van der Waals surface area contributed by atoms with Crippen molar-refractivity contribution in [3.05, 3.63) is 28.8 Å². The number of fused-ring (bicyclic) bond motifs is 1. The maximum absolute atomic E-state index is 5.97. The van der Waals surface area contributed by atoms with E-state index >= 15 is 0 Å². The van der Waals surface area contributed by atoms with Crippen LogP contribution in [0, 0.1) is 5.92 Å². The second-order valence-corrected chi connectivity index (χ2v) is 4.48. The van der Waals surface area contributed by atoms with Gasteiger partial charge >= 0.3 is 0 Å². The zero-order valence-electron chi connectivity index (χ0n) is 8.52. The van der Waals surface area contributed by atoms with Gasteiger partial charge in [0.1, 0.15) is 0 Å². The molecule has 0 fully saturated rings. The fourth-order valence-corrected chi connectivity index (χ4v) is 2.35. The largest absolute Gasteiger partial charge is 0.385 e. The standard InChI is InChI=1S/C12H16ClN/c1-2-3-9-6-10-7-11(13)4-5-12(10)14-8-9/h4-5,7,9,14H,2-3,6,8H2,1H3. The Kier molecular flexibility index (Phi) is 2.97. The van der Waals surface area contributed by atoms with Crippen molar-refractivity contribution in [2.45, 2.75) is 26.2 Å². The van der Waals surface area contributed by atoms with Crippen LogP contribution in [-0.4, -0.2) is 6.54 Å². The predicted octanol–water partition coefficient (Wildman–Crippen LogP) is 3.72. The van der Waals surface area contributed by atoms with Gasteiger partial charge in [-0.2, -0.15) is 0 Å². The van der Waals surface area contributed by atoms with Crippen LogP contribution in [0.25, 0.3) is 0 Å². The van der Waals surface area contributed by atoms with Gasteiger partial charge in [-0.1, -0.05) is 24.9 Å². The Bertz CT molecular complexity index is 322. The van der Waals surface area contributed by atoms with E-state index in [2.05, 4.69) is 24.4 Å². The van der Waals surface area contributed by atoms with Gasteiger partial charge in [0.05, 0.1) is 0 Å². The zero-order chi connectivity index (χ0) is 9.97. The van der Waals surface area contributed by atoms with Crippen LogP contribution in [0.3, 0.4) is 0 Å². The van der Waals surface area contributed by atoms with Crippen molar-refractivity contribution < 1.29 is 0 Å². The fraction of sp³-hybridized carbons (Fsp3) is 0.500. The Morgan fingerprint density at radius 3 is 3.14 bits per heavy atom. The second-order valence-electron chi connectivity index (χ2n) is 4.04. The summed E-state index contributed by atoms with van der Waals surface area (Å²) in [5, 5.41) is 4.32. The van der Waals surface area contributed by atoms with Crippen molar-refractivity contribution in [1.29, 1.82) is 0 Å². The van der Waals surface area contributed by atoms with Crippen LogP contribution in [0.5, 0.6) is 0 Å². The SMILES string of the molecule is CCCC1CNc2ccc(Cl)cc2C1. The molecular weight excluding hydrogens is 194 g/mol. The molecule has 0 amide bonds. The summed E-state index contributed by atoms with van der Waals surface area (Å²) in [5.74, 6) is 0.783. The number of rotatable bonds is 2. The fourth-order valence-electron chi connectivity index (χ4n) is 2.15. The normalized spacial score (nSPS) is 20.0. The van der Waals surface area contributed by atoms with E-state index in [4.69, 9.17) is 11.6 Å². The first-order chi connectivity index (χ1) is 6.79. The molecule has 1 nitrogen and oxygen atoms in total. The lowest BCUT2D eigenvalue weighted by molar-refractivity contribution is 0.489. The molecule has 14 heavy (non-hydrogen) atoms. The number of hydrogen-bond acceptors (Lipinski definition) is 1. The lowest BCUT2D eigenvalue weighted by Crippen LogP contribution is -2.22. The minimum Gasteiger partial charge on any atom is -0.385 e. The summed E-state index contributed by atoms with van der Waals surface area (Å²) in [4.78, 5) is 0. The molecular formula is C12H16ClN. The number of halogens is 1. The molecule has 1 heterocycles. The van der Waals surface area contributed by atoms with Crippen LogP contribution in [0.15, 0.2) is 18.2 Å². The number of anilines is 1. The van der Waals surface area contributed by atoms with Crippen molar-refractivity contribution in [2.75, 3.05) is 11.9 Å². The van der Waals surface area contributed by atoms with Crippen molar-refractivity contribution in [3.8, 4) is 0 Å². The molecule has 0 radical (unpaired) electrons. The molecule has 0 spiro atoms. The number of benzene rings is 1. The minimum absolute atomic E-state index is 0.783. The minimum atomic E-state index is 0.783. The smallest absolute Gasteiger partial charge is 0.0410 e. The molecule has 0 aromatic heterocycles. The summed E-state index contributed by atoms with van der Waals surface area (Å²) in [7, 11) is 0. The van der Waals surface area contributed by atoms with Gasteiger partial charge < -0.3 is 5.32 Å². The van der Waals surface area contributed by atoms with Gasteiger partial charge in [0.25, 0.3) is 0 Å². The molecule has 1 aromatic carbocycles. The Hall–Kier alpha value is -0.690. The Balaban J connectivity index is 2.16. The van der Waals surface area contributed by atoms with E-state index in [-0.39, 0.29) is 0 Å². The molecule has 76 valence electrons. The van der Waals surface area contributed by atoms with Gasteiger partial charge in [0.2, 0.25) is 0 Å². The van der Waals surface area contributed by atoms with Crippen LogP contribution in [-0.2, 0) is 6.42 Å². The molecule has 0 saturated heterocycles. The highest BCUT2D eigenvalue weighted by Crippen LogP contribution is 2.28. The first kappa shape index (κ1) is 9.85. The maximum Gasteiger partial charge on any atom is 0.0410 e. The Morgan fingerprint density at radius 2 is 2.36 bits per heavy atom. The highest BCUT2D eigenvalue weighted by atomic mass is 35.5. The van der Waals surface area contributed by atoms with Crippen molar-refractivity contribution in [3.63, 3.8) is 0 Å². The molecule has 2 rings (SSSR count). The summed E-state index contributed by atoms with van der Waals surface area (Å²) in [6, 6.07) is 6.12. The summed E-state index contributed by atoms with van der Waals surface area (Å²) in [6.45, 7) is 3.36. The van der Waals surface area contributed by atoms with Gasteiger partial charge in [-0.25, -0.2) is 0 Å². The summed E-state index contributed by atoms with van der Waals surface area (Å²) in [6.07, 6.45) is 3.75. The van der Waals surface area contributed by atoms with Crippen LogP contribution >= 0.6 is 11.6 Å². The van der Waals surface area contributed by atoms with E-state index in [1.54, 1.807) is 0 Å². The van der Waals surface area contributed by atoms with E-state index in [1.807, 2.05) is 6.07 Å². The van der Waals surface area contributed by atoms with E-state index in [0.29, 0.717) is 0 Å². The molecule has 1 atom stereocenters. The van der Waals surface area contributed by atoms with Gasteiger partial charge in [-0.15, -0.1) is 0 Å². The number of hydrogen-bond donors (Lipinski definition) is 1. The first-order valence-corrected chi connectivity index (χ1v) is 5.69. The molecule has 1 N–H and O–H groups in total. The second kappa shape index (κ2) is 4.22. The topological polar surface area (TPSA) is 12.0 Å². The Labute approximate surface area is 90.5 Å². The molecule has 1 aliphatic rings. The molecule has 0 bridgehead atoms. The van der Waals surface area contributed by atoms with Crippen molar-refractivity contribution in [2.24, 2.45) is 5.92 Å². The van der Waals surface area contributed by atoms with E-state index in [1.165, 1.54) is 30.5 Å². The lowest BCUT2D eigenvalue weighted by atomic mass is 9.91. The molecule has 1 aliphatic heterocycles. The average molecular weight is 210 g/mol. The maximum atomic E-state index is 5.97. The number of nitrogens with one attached hydrogen (secondary N) is 1. The predicted molar refractivity (Wildman–Crippen MR) is 62.0 cm³/mol. The molecule has 1 aromatic rings. The van der Waals surface area contributed by atoms with Crippen LogP contribution in [0.1, 0.15) is 25.3 Å². The summed E-state index contributed by atoms with van der Waals surface area (Å²) < 4.78 is 0. The zero-order valence-corrected chi connectivity index (χ0v) is 9.27. The summed E-state index contributed by atoms with van der Waals surface area (Å²) >= 11 is 5.97. The molecule has 1 unspecified atom stereocenters. The lowest BCUT2D eigenvalue weighted by Gasteiger charge is -2.25. The highest BCUT2D eigenvalue weighted by molar-refractivity contribution is 6.30. The first-order valence-electron chi connectivity index (χ1n) is 5.32. The average Bonchev–Trinajstić information content (AvgIpc) is 2.17. The summed E-state index contributed by atoms with van der Waals surface area (Å²) in [5.41, 5.74) is 2.64. The van der Waals surface area contributed by atoms with Crippen LogP contribution in [0.2, 0.25) is 5.02 Å². The van der Waals surface area contributed by atoms with Gasteiger partial charge in [-0.05, 0) is 42.5 Å². The highest BCUT2D eigenvalue weighted by Gasteiger charge is 2.17. The Morgan fingerprint density at radius 1 is 1.50 bits per heavy atom. The van der Waals surface area contributed by atoms with Crippen LogP contribution in [0.4, 0.5) is 5.69 Å². The van der Waals surface area contributed by atoms with E-state index in [0.717, 1.165) is 17.5 Å². The molecule has 0 aliphatic carbocycles. The molecule has 2 heteroatoms. The third kappa shape index (κ3) is 2.03. The van der Waals surface area contributed by atoms with Gasteiger partial charge in [0, 0.05) is 17.3 Å². The van der Waals surface area contributed by atoms with E-state index in [9.17, 15) is 0 Å². The van der Waals surface area contributed by atoms with E-state index < -0.39 is 0 Å². The van der Waals surface area contributed by atoms with Crippen molar-refractivity contribution >= 4 is 17.3 Å². The van der Waals surface area contributed by atoms with Gasteiger partial charge in [0.15, 0.2) is 0 Å². The third-order valence-corrected chi connectivity index (χ3v) is 3.09. The monoisotopic (exact) mass is 209 g/mol. The molecule has 0 saturated carbocycles.